The fourth-order valence-corrected chi connectivity index (χ4v) is 1.22. The Hall–Kier alpha value is 0.230. The SMILES string of the molecule is CCC(S)C(OC)(OC)OC. The largest absolute Gasteiger partial charge is 0.330 e. The minimum Gasteiger partial charge on any atom is -0.330 e. The van der Waals surface area contributed by atoms with Crippen molar-refractivity contribution in [3.63, 3.8) is 0 Å². The molecular formula is C7H16O3S. The van der Waals surface area contributed by atoms with E-state index in [4.69, 9.17) is 14.2 Å². The van der Waals surface area contributed by atoms with Gasteiger partial charge in [0.05, 0.1) is 5.25 Å². The third kappa shape index (κ3) is 2.33. The smallest absolute Gasteiger partial charge is 0.294 e. The quantitative estimate of drug-likeness (QED) is 0.510. The van der Waals surface area contributed by atoms with Crippen molar-refractivity contribution in [2.45, 2.75) is 24.6 Å². The Bertz CT molecular complexity index is 95.6. The van der Waals surface area contributed by atoms with E-state index in [2.05, 4.69) is 12.6 Å². The normalized spacial score (nSPS) is 15.0. The van der Waals surface area contributed by atoms with Gasteiger partial charge in [0.25, 0.3) is 5.97 Å². The van der Waals surface area contributed by atoms with E-state index in [1.807, 2.05) is 6.92 Å². The van der Waals surface area contributed by atoms with E-state index < -0.39 is 5.97 Å². The van der Waals surface area contributed by atoms with Crippen LogP contribution in [0.2, 0.25) is 0 Å². The Labute approximate surface area is 73.4 Å². The molecule has 0 heterocycles. The molecular weight excluding hydrogens is 164 g/mol. The fraction of sp³-hybridized carbons (Fsp3) is 1.00. The van der Waals surface area contributed by atoms with Gasteiger partial charge in [-0.25, -0.2) is 0 Å². The standard InChI is InChI=1S/C7H16O3S/c1-5-6(11)7(8-2,9-3)10-4/h6,11H,5H2,1-4H3. The lowest BCUT2D eigenvalue weighted by molar-refractivity contribution is -0.350. The minimum atomic E-state index is -1.00. The third-order valence-corrected chi connectivity index (χ3v) is 2.33. The molecule has 0 N–H and O–H groups in total. The van der Waals surface area contributed by atoms with Crippen LogP contribution in [0, 0.1) is 0 Å². The maximum Gasteiger partial charge on any atom is 0.294 e. The summed E-state index contributed by atoms with van der Waals surface area (Å²) in [6, 6.07) is 0. The van der Waals surface area contributed by atoms with Gasteiger partial charge in [-0.3, -0.25) is 0 Å². The summed E-state index contributed by atoms with van der Waals surface area (Å²) >= 11 is 4.28. The maximum absolute atomic E-state index is 5.07. The van der Waals surface area contributed by atoms with Crippen LogP contribution in [0.4, 0.5) is 0 Å². The monoisotopic (exact) mass is 180 g/mol. The number of thiol groups is 1. The summed E-state index contributed by atoms with van der Waals surface area (Å²) in [6.07, 6.45) is 0.818. The van der Waals surface area contributed by atoms with Crippen molar-refractivity contribution in [3.8, 4) is 0 Å². The summed E-state index contributed by atoms with van der Waals surface area (Å²) in [4.78, 5) is 0. The van der Waals surface area contributed by atoms with Crippen LogP contribution >= 0.6 is 12.6 Å². The fourth-order valence-electron chi connectivity index (χ4n) is 0.908. The predicted octanol–water partition coefficient (Wildman–Crippen LogP) is 1.29. The second-order valence-corrected chi connectivity index (χ2v) is 2.76. The molecule has 0 saturated heterocycles. The first-order valence-electron chi connectivity index (χ1n) is 3.50. The van der Waals surface area contributed by atoms with E-state index in [9.17, 15) is 0 Å². The molecule has 0 amide bonds. The van der Waals surface area contributed by atoms with Crippen LogP contribution in [-0.2, 0) is 14.2 Å². The second kappa shape index (κ2) is 4.98. The first-order valence-corrected chi connectivity index (χ1v) is 4.02. The van der Waals surface area contributed by atoms with Gasteiger partial charge in [-0.1, -0.05) is 6.92 Å². The number of hydrogen-bond donors (Lipinski definition) is 1. The van der Waals surface area contributed by atoms with Gasteiger partial charge in [-0.2, -0.15) is 12.6 Å². The molecule has 0 aliphatic carbocycles. The molecule has 68 valence electrons. The average molecular weight is 180 g/mol. The van der Waals surface area contributed by atoms with Gasteiger partial charge in [-0.05, 0) is 6.42 Å². The maximum atomic E-state index is 5.07. The van der Waals surface area contributed by atoms with Crippen molar-refractivity contribution in [2.24, 2.45) is 0 Å². The molecule has 3 nitrogen and oxygen atoms in total. The second-order valence-electron chi connectivity index (χ2n) is 2.14. The summed E-state index contributed by atoms with van der Waals surface area (Å²) in [7, 11) is 4.60. The van der Waals surface area contributed by atoms with Gasteiger partial charge in [0, 0.05) is 21.3 Å². The first kappa shape index (κ1) is 11.2. The van der Waals surface area contributed by atoms with Gasteiger partial charge in [0.15, 0.2) is 0 Å². The molecule has 0 radical (unpaired) electrons. The summed E-state index contributed by atoms with van der Waals surface area (Å²) in [5.74, 6) is -1.00. The summed E-state index contributed by atoms with van der Waals surface area (Å²) in [6.45, 7) is 1.99. The van der Waals surface area contributed by atoms with Gasteiger partial charge in [0.1, 0.15) is 0 Å². The van der Waals surface area contributed by atoms with Crippen molar-refractivity contribution in [3.05, 3.63) is 0 Å². The minimum absolute atomic E-state index is 0.0810. The number of rotatable bonds is 5. The lowest BCUT2D eigenvalue weighted by Crippen LogP contribution is -2.44. The Morgan fingerprint density at radius 3 is 1.64 bits per heavy atom. The zero-order valence-electron chi connectivity index (χ0n) is 7.46. The lowest BCUT2D eigenvalue weighted by atomic mass is 10.3. The molecule has 1 unspecified atom stereocenters. The van der Waals surface area contributed by atoms with Crippen LogP contribution < -0.4 is 0 Å². The first-order chi connectivity index (χ1) is 5.16. The molecule has 0 aromatic carbocycles. The Morgan fingerprint density at radius 1 is 1.18 bits per heavy atom. The van der Waals surface area contributed by atoms with E-state index in [0.29, 0.717) is 0 Å². The molecule has 0 aliphatic rings. The molecule has 0 saturated carbocycles. The van der Waals surface area contributed by atoms with Gasteiger partial charge in [-0.15, -0.1) is 0 Å². The van der Waals surface area contributed by atoms with Gasteiger partial charge in [0.2, 0.25) is 0 Å². The van der Waals surface area contributed by atoms with E-state index in [1.165, 1.54) is 21.3 Å². The number of methoxy groups -OCH3 is 3. The van der Waals surface area contributed by atoms with Gasteiger partial charge >= 0.3 is 0 Å². The average Bonchev–Trinajstić information content (AvgIpc) is 2.08. The highest BCUT2D eigenvalue weighted by molar-refractivity contribution is 7.81. The Kier molecular flexibility index (Phi) is 5.08. The Morgan fingerprint density at radius 2 is 1.55 bits per heavy atom. The molecule has 0 aromatic rings. The van der Waals surface area contributed by atoms with E-state index >= 15 is 0 Å². The highest BCUT2D eigenvalue weighted by atomic mass is 32.1. The zero-order chi connectivity index (χ0) is 8.91. The number of hydrogen-bond acceptors (Lipinski definition) is 4. The lowest BCUT2D eigenvalue weighted by Gasteiger charge is -2.32. The van der Waals surface area contributed by atoms with Crippen molar-refractivity contribution >= 4 is 12.6 Å². The molecule has 0 aromatic heterocycles. The summed E-state index contributed by atoms with van der Waals surface area (Å²) in [5, 5.41) is -0.0810. The molecule has 1 atom stereocenters. The van der Waals surface area contributed by atoms with Crippen LogP contribution in [-0.4, -0.2) is 32.6 Å². The number of ether oxygens (including phenoxy) is 3. The summed E-state index contributed by atoms with van der Waals surface area (Å²) < 4.78 is 15.2. The van der Waals surface area contributed by atoms with Crippen LogP contribution in [0.3, 0.4) is 0 Å². The van der Waals surface area contributed by atoms with E-state index in [0.717, 1.165) is 6.42 Å². The molecule has 0 fully saturated rings. The van der Waals surface area contributed by atoms with Crippen molar-refractivity contribution < 1.29 is 14.2 Å². The highest BCUT2D eigenvalue weighted by Gasteiger charge is 2.36. The van der Waals surface area contributed by atoms with E-state index in [-0.39, 0.29) is 5.25 Å². The molecule has 0 rings (SSSR count). The van der Waals surface area contributed by atoms with Crippen molar-refractivity contribution in [1.29, 1.82) is 0 Å². The zero-order valence-corrected chi connectivity index (χ0v) is 8.35. The van der Waals surface area contributed by atoms with E-state index in [1.54, 1.807) is 0 Å². The molecule has 0 spiro atoms. The third-order valence-electron chi connectivity index (χ3n) is 1.65. The molecule has 11 heavy (non-hydrogen) atoms. The molecule has 4 heteroatoms. The molecule has 0 bridgehead atoms. The summed E-state index contributed by atoms with van der Waals surface area (Å²) in [5.41, 5.74) is 0. The van der Waals surface area contributed by atoms with Gasteiger partial charge < -0.3 is 14.2 Å². The van der Waals surface area contributed by atoms with Crippen LogP contribution in [0.1, 0.15) is 13.3 Å². The highest BCUT2D eigenvalue weighted by Crippen LogP contribution is 2.24. The predicted molar refractivity (Wildman–Crippen MR) is 46.8 cm³/mol. The Balaban J connectivity index is 4.26. The van der Waals surface area contributed by atoms with Crippen LogP contribution in [0.5, 0.6) is 0 Å². The van der Waals surface area contributed by atoms with Crippen molar-refractivity contribution in [2.75, 3.05) is 21.3 Å². The van der Waals surface area contributed by atoms with Crippen LogP contribution in [0.25, 0.3) is 0 Å². The van der Waals surface area contributed by atoms with Crippen molar-refractivity contribution in [1.82, 2.24) is 0 Å². The van der Waals surface area contributed by atoms with Crippen LogP contribution in [0.15, 0.2) is 0 Å². The molecule has 0 aliphatic heterocycles. The topological polar surface area (TPSA) is 27.7 Å².